The van der Waals surface area contributed by atoms with Crippen molar-refractivity contribution in [3.63, 3.8) is 0 Å². The van der Waals surface area contributed by atoms with Crippen molar-refractivity contribution >= 4 is 30.1 Å². The summed E-state index contributed by atoms with van der Waals surface area (Å²) in [4.78, 5) is 43.3. The maximum Gasteiger partial charge on any atom is 0.251 e. The molecule has 2 heterocycles. The van der Waals surface area contributed by atoms with E-state index in [1.807, 2.05) is 29.2 Å². The lowest BCUT2D eigenvalue weighted by molar-refractivity contribution is -0.163. The van der Waals surface area contributed by atoms with Gasteiger partial charge in [-0.2, -0.15) is 0 Å². The predicted molar refractivity (Wildman–Crippen MR) is 172 cm³/mol. The average molecular weight is 627 g/mol. The SMILES string of the molecule is CCCCN1C(=O)[C@@H](CC2(O)CCCC2)NC(=O)C12CCN(Cc1ccc(OCc3ccc(C(=O)NC)cc3)cc1)CC2.Cl. The number of piperazine rings is 1. The summed E-state index contributed by atoms with van der Waals surface area (Å²) in [5.74, 6) is 0.580. The molecular weight excluding hydrogens is 580 g/mol. The van der Waals surface area contributed by atoms with Crippen LogP contribution in [0.1, 0.15) is 86.2 Å². The molecule has 5 rings (SSSR count). The van der Waals surface area contributed by atoms with E-state index in [1.54, 1.807) is 19.2 Å². The fourth-order valence-corrected chi connectivity index (χ4v) is 6.86. The Morgan fingerprint density at radius 2 is 1.64 bits per heavy atom. The summed E-state index contributed by atoms with van der Waals surface area (Å²) in [7, 11) is 1.61. The molecule has 0 bridgehead atoms. The number of halogens is 1. The quantitative estimate of drug-likeness (QED) is 0.345. The molecule has 1 saturated carbocycles. The van der Waals surface area contributed by atoms with Crippen LogP contribution in [0.3, 0.4) is 0 Å². The first-order chi connectivity index (χ1) is 20.7. The molecule has 1 aliphatic carbocycles. The molecule has 1 atom stereocenters. The first-order valence-electron chi connectivity index (χ1n) is 15.9. The molecule has 3 N–H and O–H groups in total. The van der Waals surface area contributed by atoms with Gasteiger partial charge in [0.1, 0.15) is 23.9 Å². The first kappa shape index (κ1) is 33.7. The summed E-state index contributed by atoms with van der Waals surface area (Å²) in [6.07, 6.45) is 6.66. The van der Waals surface area contributed by atoms with Crippen LogP contribution in [-0.2, 0) is 22.7 Å². The van der Waals surface area contributed by atoms with E-state index in [0.29, 0.717) is 50.8 Å². The molecule has 2 aliphatic heterocycles. The van der Waals surface area contributed by atoms with Gasteiger partial charge >= 0.3 is 0 Å². The third-order valence-electron chi connectivity index (χ3n) is 9.52. The van der Waals surface area contributed by atoms with Crippen LogP contribution >= 0.6 is 12.4 Å². The minimum atomic E-state index is -0.849. The van der Waals surface area contributed by atoms with Gasteiger partial charge in [0.15, 0.2) is 0 Å². The molecule has 9 nitrogen and oxygen atoms in total. The van der Waals surface area contributed by atoms with E-state index in [0.717, 1.165) is 62.2 Å². The lowest BCUT2D eigenvalue weighted by Crippen LogP contribution is -2.73. The lowest BCUT2D eigenvalue weighted by atomic mass is 9.80. The Morgan fingerprint density at radius 3 is 2.25 bits per heavy atom. The minimum absolute atomic E-state index is 0. The molecule has 0 radical (unpaired) electrons. The van der Waals surface area contributed by atoms with E-state index in [9.17, 15) is 19.5 Å². The van der Waals surface area contributed by atoms with Crippen molar-refractivity contribution in [1.29, 1.82) is 0 Å². The molecule has 3 aliphatic rings. The number of piperidine rings is 1. The molecule has 3 amide bonds. The Kier molecular flexibility index (Phi) is 11.3. The van der Waals surface area contributed by atoms with Crippen LogP contribution in [0.4, 0.5) is 0 Å². The lowest BCUT2D eigenvalue weighted by Gasteiger charge is -2.52. The van der Waals surface area contributed by atoms with Crippen molar-refractivity contribution in [2.24, 2.45) is 0 Å². The highest BCUT2D eigenvalue weighted by Gasteiger charge is 2.54. The summed E-state index contributed by atoms with van der Waals surface area (Å²) < 4.78 is 5.95. The van der Waals surface area contributed by atoms with E-state index < -0.39 is 17.2 Å². The van der Waals surface area contributed by atoms with Crippen molar-refractivity contribution in [3.05, 3.63) is 65.2 Å². The third-order valence-corrected chi connectivity index (χ3v) is 9.52. The summed E-state index contributed by atoms with van der Waals surface area (Å²) in [6.45, 7) is 5.31. The maximum absolute atomic E-state index is 13.7. The van der Waals surface area contributed by atoms with E-state index in [1.165, 1.54) is 0 Å². The first-order valence-corrected chi connectivity index (χ1v) is 15.9. The number of hydrogen-bond donors (Lipinski definition) is 3. The van der Waals surface area contributed by atoms with Gasteiger partial charge in [0.05, 0.1) is 5.60 Å². The Labute approximate surface area is 267 Å². The van der Waals surface area contributed by atoms with Crippen LogP contribution in [0.2, 0.25) is 0 Å². The number of nitrogens with one attached hydrogen (secondary N) is 2. The number of nitrogens with zero attached hydrogens (tertiary/aromatic N) is 2. The highest BCUT2D eigenvalue weighted by Crippen LogP contribution is 2.38. The predicted octanol–water partition coefficient (Wildman–Crippen LogP) is 4.20. The number of amides is 3. The van der Waals surface area contributed by atoms with Gasteiger partial charge in [-0.25, -0.2) is 0 Å². The standard InChI is InChI=1S/C34H46N4O5.ClH/c1-3-4-19-38-31(40)29(22-33(42)15-5-6-16-33)36-32(41)34(38)17-20-37(21-18-34)23-25-9-13-28(14-10-25)43-24-26-7-11-27(12-8-26)30(39)35-2;/h7-14,29,42H,3-6,15-24H2,1-2H3,(H,35,39)(H,36,41);1H/t29-;/m1./s1. The second kappa shape index (κ2) is 14.8. The zero-order chi connectivity index (χ0) is 30.5. The van der Waals surface area contributed by atoms with Crippen LogP contribution in [-0.4, -0.2) is 76.5 Å². The molecule has 44 heavy (non-hydrogen) atoms. The average Bonchev–Trinajstić information content (AvgIpc) is 3.46. The third kappa shape index (κ3) is 7.56. The molecule has 0 unspecified atom stereocenters. The zero-order valence-corrected chi connectivity index (χ0v) is 26.8. The van der Waals surface area contributed by atoms with Crippen molar-refractivity contribution < 1.29 is 24.2 Å². The molecule has 2 aromatic rings. The Balaban J connectivity index is 0.00000442. The Bertz CT molecular complexity index is 1270. The fraction of sp³-hybridized carbons (Fsp3) is 0.559. The highest BCUT2D eigenvalue weighted by atomic mass is 35.5. The molecule has 2 saturated heterocycles. The largest absolute Gasteiger partial charge is 0.489 e. The molecule has 10 heteroatoms. The van der Waals surface area contributed by atoms with Gasteiger partial charge in [0, 0.05) is 45.2 Å². The summed E-state index contributed by atoms with van der Waals surface area (Å²) >= 11 is 0. The van der Waals surface area contributed by atoms with Crippen LogP contribution < -0.4 is 15.4 Å². The van der Waals surface area contributed by atoms with Gasteiger partial charge in [-0.05, 0) is 67.5 Å². The van der Waals surface area contributed by atoms with Crippen LogP contribution in [0, 0.1) is 0 Å². The number of hydrogen-bond acceptors (Lipinski definition) is 6. The molecule has 3 fully saturated rings. The molecule has 1 spiro atoms. The molecule has 2 aromatic carbocycles. The number of carbonyl (C=O) groups is 3. The van der Waals surface area contributed by atoms with E-state index in [4.69, 9.17) is 4.74 Å². The van der Waals surface area contributed by atoms with Crippen LogP contribution in [0.15, 0.2) is 48.5 Å². The number of likely N-dealkylation sites (tertiary alicyclic amines) is 1. The Hall–Kier alpha value is -3.14. The molecule has 0 aromatic heterocycles. The van der Waals surface area contributed by atoms with Crippen molar-refractivity contribution in [2.45, 2.75) is 95.0 Å². The summed E-state index contributed by atoms with van der Waals surface area (Å²) in [6, 6.07) is 14.8. The minimum Gasteiger partial charge on any atom is -0.489 e. The van der Waals surface area contributed by atoms with Gasteiger partial charge in [-0.1, -0.05) is 50.5 Å². The number of unbranched alkanes of at least 4 members (excludes halogenated alkanes) is 1. The van der Waals surface area contributed by atoms with Crippen molar-refractivity contribution in [1.82, 2.24) is 20.4 Å². The second-order valence-corrected chi connectivity index (χ2v) is 12.5. The topological polar surface area (TPSA) is 111 Å². The number of benzene rings is 2. The number of carbonyl (C=O) groups excluding carboxylic acids is 3. The second-order valence-electron chi connectivity index (χ2n) is 12.5. The number of aliphatic hydroxyl groups is 1. The van der Waals surface area contributed by atoms with Gasteiger partial charge < -0.3 is 25.4 Å². The van der Waals surface area contributed by atoms with E-state index in [-0.39, 0.29) is 30.1 Å². The van der Waals surface area contributed by atoms with Crippen LogP contribution in [0.5, 0.6) is 5.75 Å². The Morgan fingerprint density at radius 1 is 1.00 bits per heavy atom. The van der Waals surface area contributed by atoms with E-state index >= 15 is 0 Å². The van der Waals surface area contributed by atoms with Gasteiger partial charge in [0.25, 0.3) is 5.91 Å². The number of rotatable bonds is 11. The fourth-order valence-electron chi connectivity index (χ4n) is 6.86. The smallest absolute Gasteiger partial charge is 0.251 e. The van der Waals surface area contributed by atoms with Crippen molar-refractivity contribution in [2.75, 3.05) is 26.7 Å². The molecule has 240 valence electrons. The van der Waals surface area contributed by atoms with Gasteiger partial charge in [-0.15, -0.1) is 12.4 Å². The molecular formula is C34H47ClN4O5. The summed E-state index contributed by atoms with van der Waals surface area (Å²) in [5, 5.41) is 16.6. The van der Waals surface area contributed by atoms with Crippen molar-refractivity contribution in [3.8, 4) is 5.75 Å². The van der Waals surface area contributed by atoms with Gasteiger partial charge in [0.2, 0.25) is 11.8 Å². The number of ether oxygens (including phenoxy) is 1. The monoisotopic (exact) mass is 626 g/mol. The van der Waals surface area contributed by atoms with Crippen LogP contribution in [0.25, 0.3) is 0 Å². The normalized spacial score (nSPS) is 21.1. The maximum atomic E-state index is 13.7. The summed E-state index contributed by atoms with van der Waals surface area (Å²) in [5.41, 5.74) is 1.10. The zero-order valence-electron chi connectivity index (χ0n) is 26.0. The van der Waals surface area contributed by atoms with Gasteiger partial charge in [-0.3, -0.25) is 19.3 Å². The van der Waals surface area contributed by atoms with E-state index in [2.05, 4.69) is 34.6 Å². The highest BCUT2D eigenvalue weighted by molar-refractivity contribution is 6.00.